The van der Waals surface area contributed by atoms with Gasteiger partial charge < -0.3 is 4.90 Å². The van der Waals surface area contributed by atoms with E-state index in [0.717, 1.165) is 36.6 Å². The number of hydrogen-bond donors (Lipinski definition) is 0. The van der Waals surface area contributed by atoms with Gasteiger partial charge in [0.25, 0.3) is 0 Å². The minimum Gasteiger partial charge on any atom is -0.338 e. The lowest BCUT2D eigenvalue weighted by atomic mass is 10.2. The molecule has 136 valence electrons. The number of thiophene rings is 1. The van der Waals surface area contributed by atoms with Crippen molar-refractivity contribution in [2.45, 2.75) is 50.9 Å². The molecule has 2 aromatic rings. The van der Waals surface area contributed by atoms with Crippen molar-refractivity contribution in [1.82, 2.24) is 14.7 Å². The zero-order valence-corrected chi connectivity index (χ0v) is 14.5. The van der Waals surface area contributed by atoms with E-state index in [1.54, 1.807) is 11.3 Å². The van der Waals surface area contributed by atoms with Crippen molar-refractivity contribution in [3.63, 3.8) is 0 Å². The molecule has 25 heavy (non-hydrogen) atoms. The first-order valence-corrected chi connectivity index (χ1v) is 9.24. The van der Waals surface area contributed by atoms with E-state index in [1.807, 2.05) is 22.4 Å². The second kappa shape index (κ2) is 7.59. The summed E-state index contributed by atoms with van der Waals surface area (Å²) in [5.74, 6) is 0.0394. The predicted molar refractivity (Wildman–Crippen MR) is 89.2 cm³/mol. The molecule has 1 aliphatic rings. The van der Waals surface area contributed by atoms with E-state index in [-0.39, 0.29) is 18.5 Å². The lowest BCUT2D eigenvalue weighted by Crippen LogP contribution is -2.41. The van der Waals surface area contributed by atoms with Gasteiger partial charge in [0.2, 0.25) is 5.91 Å². The van der Waals surface area contributed by atoms with Gasteiger partial charge in [0.1, 0.15) is 0 Å². The SMILES string of the molecule is O=C(Cc1cccs1)N(CCn1ccc(C(F)(F)F)n1)C1CCCC1. The van der Waals surface area contributed by atoms with Gasteiger partial charge in [0.05, 0.1) is 13.0 Å². The molecular formula is C17H20F3N3OS. The molecule has 3 rings (SSSR count). The maximum Gasteiger partial charge on any atom is 0.435 e. The van der Waals surface area contributed by atoms with Crippen molar-refractivity contribution >= 4 is 17.2 Å². The third kappa shape index (κ3) is 4.62. The van der Waals surface area contributed by atoms with E-state index in [4.69, 9.17) is 0 Å². The molecule has 1 saturated carbocycles. The highest BCUT2D eigenvalue weighted by molar-refractivity contribution is 7.10. The summed E-state index contributed by atoms with van der Waals surface area (Å²) in [5, 5.41) is 5.51. The average Bonchev–Trinajstić information content (AvgIpc) is 3.29. The fourth-order valence-corrected chi connectivity index (χ4v) is 3.93. The molecule has 1 fully saturated rings. The number of hydrogen-bond acceptors (Lipinski definition) is 3. The zero-order chi connectivity index (χ0) is 17.9. The highest BCUT2D eigenvalue weighted by atomic mass is 32.1. The molecule has 4 nitrogen and oxygen atoms in total. The van der Waals surface area contributed by atoms with Gasteiger partial charge in [-0.05, 0) is 30.4 Å². The van der Waals surface area contributed by atoms with Crippen LogP contribution in [0.25, 0.3) is 0 Å². The molecule has 0 aromatic carbocycles. The lowest BCUT2D eigenvalue weighted by Gasteiger charge is -2.29. The maximum absolute atomic E-state index is 12.7. The van der Waals surface area contributed by atoms with Gasteiger partial charge in [-0.15, -0.1) is 11.3 Å². The van der Waals surface area contributed by atoms with Crippen LogP contribution in [0.4, 0.5) is 13.2 Å². The Bertz CT molecular complexity index is 690. The topological polar surface area (TPSA) is 38.1 Å². The summed E-state index contributed by atoms with van der Waals surface area (Å²) in [6.07, 6.45) is 1.33. The normalized spacial score (nSPS) is 15.6. The molecule has 2 heterocycles. The summed E-state index contributed by atoms with van der Waals surface area (Å²) in [7, 11) is 0. The second-order valence-corrected chi connectivity index (χ2v) is 7.28. The van der Waals surface area contributed by atoms with Crippen molar-refractivity contribution in [3.05, 3.63) is 40.3 Å². The van der Waals surface area contributed by atoms with Gasteiger partial charge in [-0.1, -0.05) is 18.9 Å². The molecule has 0 bridgehead atoms. The Morgan fingerprint density at radius 1 is 1.32 bits per heavy atom. The van der Waals surface area contributed by atoms with Gasteiger partial charge in [-0.3, -0.25) is 9.48 Å². The number of halogens is 3. The van der Waals surface area contributed by atoms with Crippen LogP contribution in [0.3, 0.4) is 0 Å². The Labute approximate surface area is 148 Å². The van der Waals surface area contributed by atoms with Crippen molar-refractivity contribution < 1.29 is 18.0 Å². The number of amides is 1. The first-order chi connectivity index (χ1) is 11.9. The summed E-state index contributed by atoms with van der Waals surface area (Å²) in [5.41, 5.74) is -0.898. The number of carbonyl (C=O) groups is 1. The number of aromatic nitrogens is 2. The van der Waals surface area contributed by atoms with Gasteiger partial charge in [0, 0.05) is 23.7 Å². The van der Waals surface area contributed by atoms with Crippen molar-refractivity contribution in [2.24, 2.45) is 0 Å². The Morgan fingerprint density at radius 2 is 2.08 bits per heavy atom. The Kier molecular flexibility index (Phi) is 5.46. The van der Waals surface area contributed by atoms with Crippen LogP contribution in [0, 0.1) is 0 Å². The molecule has 0 unspecified atom stereocenters. The minimum absolute atomic E-state index is 0.0394. The summed E-state index contributed by atoms with van der Waals surface area (Å²) in [6.45, 7) is 0.649. The minimum atomic E-state index is -4.44. The smallest absolute Gasteiger partial charge is 0.338 e. The number of nitrogens with zero attached hydrogens (tertiary/aromatic N) is 3. The third-order valence-corrected chi connectivity index (χ3v) is 5.37. The quantitative estimate of drug-likeness (QED) is 0.770. The summed E-state index contributed by atoms with van der Waals surface area (Å²) < 4.78 is 39.2. The first-order valence-electron chi connectivity index (χ1n) is 8.36. The lowest BCUT2D eigenvalue weighted by molar-refractivity contribution is -0.141. The molecule has 1 aliphatic carbocycles. The van der Waals surface area contributed by atoms with E-state index in [0.29, 0.717) is 13.0 Å². The Morgan fingerprint density at radius 3 is 2.68 bits per heavy atom. The summed E-state index contributed by atoms with van der Waals surface area (Å²) in [4.78, 5) is 15.5. The molecule has 0 atom stereocenters. The molecule has 0 radical (unpaired) electrons. The van der Waals surface area contributed by atoms with Crippen LogP contribution in [-0.4, -0.2) is 33.2 Å². The van der Waals surface area contributed by atoms with Crippen LogP contribution in [0.5, 0.6) is 0 Å². The van der Waals surface area contributed by atoms with Crippen LogP contribution in [0.15, 0.2) is 29.8 Å². The Hall–Kier alpha value is -1.83. The van der Waals surface area contributed by atoms with Crippen molar-refractivity contribution in [2.75, 3.05) is 6.54 Å². The number of carbonyl (C=O) groups excluding carboxylic acids is 1. The van der Waals surface area contributed by atoms with Crippen molar-refractivity contribution in [3.8, 4) is 0 Å². The summed E-state index contributed by atoms with van der Waals surface area (Å²) in [6, 6.07) is 4.99. The first kappa shape index (κ1) is 18.0. The maximum atomic E-state index is 12.7. The molecule has 0 saturated heterocycles. The molecule has 0 N–H and O–H groups in total. The molecule has 0 spiro atoms. The van der Waals surface area contributed by atoms with Gasteiger partial charge in [-0.2, -0.15) is 18.3 Å². The standard InChI is InChI=1S/C17H20F3N3OS/c18-17(19,20)15-7-8-22(21-15)9-10-23(13-4-1-2-5-13)16(24)12-14-6-3-11-25-14/h3,6-8,11,13H,1-2,4-5,9-10,12H2. The molecular weight excluding hydrogens is 351 g/mol. The zero-order valence-electron chi connectivity index (χ0n) is 13.7. The molecule has 1 amide bonds. The van der Waals surface area contributed by atoms with E-state index in [1.165, 1.54) is 10.9 Å². The third-order valence-electron chi connectivity index (χ3n) is 4.49. The van der Waals surface area contributed by atoms with E-state index in [9.17, 15) is 18.0 Å². The van der Waals surface area contributed by atoms with Crippen LogP contribution >= 0.6 is 11.3 Å². The number of rotatable bonds is 6. The van der Waals surface area contributed by atoms with Crippen LogP contribution < -0.4 is 0 Å². The fraction of sp³-hybridized carbons (Fsp3) is 0.529. The largest absolute Gasteiger partial charge is 0.435 e. The number of alkyl halides is 3. The van der Waals surface area contributed by atoms with Crippen molar-refractivity contribution in [1.29, 1.82) is 0 Å². The molecule has 8 heteroatoms. The molecule has 0 aliphatic heterocycles. The highest BCUT2D eigenvalue weighted by Crippen LogP contribution is 2.27. The van der Waals surface area contributed by atoms with Gasteiger partial charge in [-0.25, -0.2) is 0 Å². The van der Waals surface area contributed by atoms with Crippen LogP contribution in [0.1, 0.15) is 36.3 Å². The fourth-order valence-electron chi connectivity index (χ4n) is 3.24. The van der Waals surface area contributed by atoms with Gasteiger partial charge in [0.15, 0.2) is 5.69 Å². The highest BCUT2D eigenvalue weighted by Gasteiger charge is 2.33. The van der Waals surface area contributed by atoms with Crippen LogP contribution in [0.2, 0.25) is 0 Å². The summed E-state index contributed by atoms with van der Waals surface area (Å²) >= 11 is 1.54. The van der Waals surface area contributed by atoms with Gasteiger partial charge >= 0.3 is 6.18 Å². The Balaban J connectivity index is 1.65. The van der Waals surface area contributed by atoms with E-state index >= 15 is 0 Å². The van der Waals surface area contributed by atoms with Crippen LogP contribution in [-0.2, 0) is 23.9 Å². The second-order valence-electron chi connectivity index (χ2n) is 6.24. The van der Waals surface area contributed by atoms with E-state index < -0.39 is 11.9 Å². The predicted octanol–water partition coefficient (Wildman–Crippen LogP) is 3.98. The monoisotopic (exact) mass is 371 g/mol. The van der Waals surface area contributed by atoms with E-state index in [2.05, 4.69) is 5.10 Å². The molecule has 2 aromatic heterocycles. The average molecular weight is 371 g/mol.